The van der Waals surface area contributed by atoms with Gasteiger partial charge in [-0.15, -0.1) is 0 Å². The molecule has 0 aliphatic carbocycles. The Morgan fingerprint density at radius 3 is 2.58 bits per heavy atom. The van der Waals surface area contributed by atoms with Gasteiger partial charge in [0, 0.05) is 18.0 Å². The third-order valence-electron chi connectivity index (χ3n) is 3.20. The third-order valence-corrected chi connectivity index (χ3v) is 3.20. The molecule has 2 heterocycles. The Kier molecular flexibility index (Phi) is 4.71. The standard InChI is InChI=1S/C17H14N4O3/c22-17(23)9-16-19-11-15(24-16)13-1-3-14(4-2-13)21-20-10-12-5-7-18-8-6-12/h1-8,11H,9-10H2,(H,22,23). The lowest BCUT2D eigenvalue weighted by Crippen LogP contribution is -1.99. The third kappa shape index (κ3) is 4.10. The normalized spacial score (nSPS) is 11.0. The predicted molar refractivity (Wildman–Crippen MR) is 85.7 cm³/mol. The molecule has 7 heteroatoms. The van der Waals surface area contributed by atoms with Crippen molar-refractivity contribution in [3.63, 3.8) is 0 Å². The maximum absolute atomic E-state index is 10.6. The maximum atomic E-state index is 10.6. The second kappa shape index (κ2) is 7.28. The van der Waals surface area contributed by atoms with Crippen LogP contribution in [0.1, 0.15) is 11.5 Å². The summed E-state index contributed by atoms with van der Waals surface area (Å²) in [6.45, 7) is 0.491. The smallest absolute Gasteiger partial charge is 0.312 e. The number of pyridine rings is 1. The van der Waals surface area contributed by atoms with Crippen LogP contribution in [0.5, 0.6) is 0 Å². The van der Waals surface area contributed by atoms with Crippen LogP contribution in [0.15, 0.2) is 69.6 Å². The van der Waals surface area contributed by atoms with Crippen molar-refractivity contribution in [1.82, 2.24) is 9.97 Å². The molecule has 24 heavy (non-hydrogen) atoms. The van der Waals surface area contributed by atoms with Crippen molar-refractivity contribution < 1.29 is 14.3 Å². The number of rotatable bonds is 6. The molecule has 0 atom stereocenters. The van der Waals surface area contributed by atoms with Crippen LogP contribution in [0.4, 0.5) is 5.69 Å². The Bertz CT molecular complexity index is 842. The zero-order chi connectivity index (χ0) is 16.8. The molecular weight excluding hydrogens is 308 g/mol. The van der Waals surface area contributed by atoms with Crippen molar-refractivity contribution in [2.75, 3.05) is 0 Å². The van der Waals surface area contributed by atoms with Crippen molar-refractivity contribution in [3.8, 4) is 11.3 Å². The number of azo groups is 1. The van der Waals surface area contributed by atoms with Crippen LogP contribution >= 0.6 is 0 Å². The van der Waals surface area contributed by atoms with Gasteiger partial charge in [-0.2, -0.15) is 10.2 Å². The molecule has 120 valence electrons. The predicted octanol–water partition coefficient (Wildman–Crippen LogP) is 3.65. The number of benzene rings is 1. The fourth-order valence-corrected chi connectivity index (χ4v) is 2.03. The monoisotopic (exact) mass is 322 g/mol. The average molecular weight is 322 g/mol. The second-order valence-electron chi connectivity index (χ2n) is 4.99. The van der Waals surface area contributed by atoms with Gasteiger partial charge >= 0.3 is 5.97 Å². The molecule has 0 unspecified atom stereocenters. The molecule has 0 aliphatic heterocycles. The summed E-state index contributed by atoms with van der Waals surface area (Å²) in [6.07, 6.45) is 4.71. The average Bonchev–Trinajstić information content (AvgIpc) is 3.04. The number of carboxylic acid groups (broad SMARTS) is 1. The van der Waals surface area contributed by atoms with Crippen LogP contribution in [0.25, 0.3) is 11.3 Å². The van der Waals surface area contributed by atoms with Gasteiger partial charge in [-0.3, -0.25) is 9.78 Å². The molecule has 0 amide bonds. The molecule has 0 bridgehead atoms. The molecule has 2 aromatic heterocycles. The van der Waals surface area contributed by atoms with E-state index in [9.17, 15) is 4.79 Å². The molecule has 1 aromatic carbocycles. The van der Waals surface area contributed by atoms with E-state index in [2.05, 4.69) is 20.2 Å². The minimum Gasteiger partial charge on any atom is -0.481 e. The van der Waals surface area contributed by atoms with Crippen molar-refractivity contribution in [2.24, 2.45) is 10.2 Å². The molecule has 0 spiro atoms. The molecule has 0 fully saturated rings. The molecule has 3 aromatic rings. The first kappa shape index (κ1) is 15.5. The van der Waals surface area contributed by atoms with Gasteiger partial charge in [0.15, 0.2) is 5.76 Å². The van der Waals surface area contributed by atoms with Crippen molar-refractivity contribution in [2.45, 2.75) is 13.0 Å². The van der Waals surface area contributed by atoms with E-state index in [-0.39, 0.29) is 12.3 Å². The van der Waals surface area contributed by atoms with Gasteiger partial charge in [0.25, 0.3) is 0 Å². The Morgan fingerprint density at radius 2 is 1.88 bits per heavy atom. The second-order valence-corrected chi connectivity index (χ2v) is 4.99. The van der Waals surface area contributed by atoms with Crippen LogP contribution in [-0.2, 0) is 17.8 Å². The highest BCUT2D eigenvalue weighted by Gasteiger charge is 2.09. The molecule has 0 saturated carbocycles. The van der Waals surface area contributed by atoms with E-state index >= 15 is 0 Å². The first-order valence-electron chi connectivity index (χ1n) is 7.24. The SMILES string of the molecule is O=C(O)Cc1ncc(-c2ccc(N=NCc3ccncc3)cc2)o1. The van der Waals surface area contributed by atoms with Gasteiger partial charge in [-0.05, 0) is 42.0 Å². The molecule has 0 saturated heterocycles. The quantitative estimate of drug-likeness (QED) is 0.698. The number of carbonyl (C=O) groups is 1. The molecular formula is C17H14N4O3. The molecule has 0 aliphatic rings. The summed E-state index contributed by atoms with van der Waals surface area (Å²) in [5.41, 5.74) is 2.56. The van der Waals surface area contributed by atoms with Crippen LogP contribution in [0.3, 0.4) is 0 Å². The summed E-state index contributed by atoms with van der Waals surface area (Å²) in [6, 6.07) is 11.1. The summed E-state index contributed by atoms with van der Waals surface area (Å²) in [4.78, 5) is 18.5. The van der Waals surface area contributed by atoms with Crippen LogP contribution in [0.2, 0.25) is 0 Å². The van der Waals surface area contributed by atoms with Crippen LogP contribution in [-0.4, -0.2) is 21.0 Å². The number of aromatic nitrogens is 2. The number of oxazole rings is 1. The topological polar surface area (TPSA) is 101 Å². The van der Waals surface area contributed by atoms with Gasteiger partial charge in [0.2, 0.25) is 5.89 Å². The maximum Gasteiger partial charge on any atom is 0.312 e. The summed E-state index contributed by atoms with van der Waals surface area (Å²) in [5, 5.41) is 17.0. The van der Waals surface area contributed by atoms with E-state index in [0.717, 1.165) is 16.8 Å². The van der Waals surface area contributed by atoms with E-state index in [1.54, 1.807) is 12.4 Å². The summed E-state index contributed by atoms with van der Waals surface area (Å²) < 4.78 is 5.41. The van der Waals surface area contributed by atoms with Gasteiger partial charge in [0.05, 0.1) is 18.4 Å². The number of nitrogens with zero attached hydrogens (tertiary/aromatic N) is 4. The molecule has 0 radical (unpaired) electrons. The molecule has 3 rings (SSSR count). The lowest BCUT2D eigenvalue weighted by atomic mass is 10.2. The first-order valence-corrected chi connectivity index (χ1v) is 7.24. The number of hydrogen-bond donors (Lipinski definition) is 1. The van der Waals surface area contributed by atoms with Crippen molar-refractivity contribution in [3.05, 3.63) is 66.4 Å². The van der Waals surface area contributed by atoms with Gasteiger partial charge in [-0.1, -0.05) is 0 Å². The first-order chi connectivity index (χ1) is 11.7. The summed E-state index contributed by atoms with van der Waals surface area (Å²) >= 11 is 0. The zero-order valence-corrected chi connectivity index (χ0v) is 12.7. The Labute approximate surface area is 137 Å². The van der Waals surface area contributed by atoms with E-state index in [0.29, 0.717) is 12.3 Å². The van der Waals surface area contributed by atoms with Crippen molar-refractivity contribution >= 4 is 11.7 Å². The fraction of sp³-hybridized carbons (Fsp3) is 0.118. The highest BCUT2D eigenvalue weighted by molar-refractivity contribution is 5.69. The molecule has 1 N–H and O–H groups in total. The minimum absolute atomic E-state index is 0.179. The zero-order valence-electron chi connectivity index (χ0n) is 12.7. The Balaban J connectivity index is 1.64. The number of aliphatic carboxylic acids is 1. The van der Waals surface area contributed by atoms with Gasteiger partial charge in [-0.25, -0.2) is 4.98 Å². The van der Waals surface area contributed by atoms with E-state index in [1.165, 1.54) is 6.20 Å². The van der Waals surface area contributed by atoms with E-state index in [4.69, 9.17) is 9.52 Å². The van der Waals surface area contributed by atoms with Crippen LogP contribution < -0.4 is 0 Å². The highest BCUT2D eigenvalue weighted by atomic mass is 16.4. The Morgan fingerprint density at radius 1 is 1.12 bits per heavy atom. The van der Waals surface area contributed by atoms with Gasteiger partial charge in [0.1, 0.15) is 6.42 Å². The van der Waals surface area contributed by atoms with E-state index in [1.807, 2.05) is 36.4 Å². The van der Waals surface area contributed by atoms with Crippen LogP contribution in [0, 0.1) is 0 Å². The summed E-state index contributed by atoms with van der Waals surface area (Å²) in [7, 11) is 0. The lowest BCUT2D eigenvalue weighted by Gasteiger charge is -1.97. The lowest BCUT2D eigenvalue weighted by molar-refractivity contribution is -0.136. The van der Waals surface area contributed by atoms with Gasteiger partial charge < -0.3 is 9.52 Å². The minimum atomic E-state index is -0.978. The highest BCUT2D eigenvalue weighted by Crippen LogP contribution is 2.24. The fourth-order valence-electron chi connectivity index (χ4n) is 2.03. The summed E-state index contributed by atoms with van der Waals surface area (Å²) in [5.74, 6) is -0.279. The van der Waals surface area contributed by atoms with Crippen molar-refractivity contribution in [1.29, 1.82) is 0 Å². The van der Waals surface area contributed by atoms with E-state index < -0.39 is 5.97 Å². The largest absolute Gasteiger partial charge is 0.481 e. The molecule has 7 nitrogen and oxygen atoms in total. The number of hydrogen-bond acceptors (Lipinski definition) is 6. The Hall–Kier alpha value is -3.35. The number of carboxylic acids is 1.